The molecule has 0 amide bonds. The predicted octanol–water partition coefficient (Wildman–Crippen LogP) is 0.639. The Bertz CT molecular complexity index is 182. The second-order valence-electron chi connectivity index (χ2n) is 3.87. The number of carboxylic acid groups (broad SMARTS) is 1. The van der Waals surface area contributed by atoms with E-state index in [1.165, 1.54) is 6.92 Å². The number of hydrogen-bond acceptors (Lipinski definition) is 3. The minimum absolute atomic E-state index is 0.180. The molecule has 1 aliphatic heterocycles. The number of carbonyl (C=O) groups is 1. The van der Waals surface area contributed by atoms with Crippen molar-refractivity contribution < 1.29 is 19.7 Å². The average molecular weight is 188 g/mol. The van der Waals surface area contributed by atoms with Crippen molar-refractivity contribution in [1.29, 1.82) is 0 Å². The van der Waals surface area contributed by atoms with Gasteiger partial charge in [-0.3, -0.25) is 0 Å². The standard InChI is InChI=1S/C9H16O4/c1-9(12,8(10)11)5-7-3-2-4-13-6-7/h7,12H,2-6H2,1H3,(H,10,11). The molecule has 4 heteroatoms. The number of carboxylic acids is 1. The molecule has 2 unspecified atom stereocenters. The number of aliphatic carboxylic acids is 1. The highest BCUT2D eigenvalue weighted by molar-refractivity contribution is 5.76. The van der Waals surface area contributed by atoms with Crippen molar-refractivity contribution >= 4 is 5.97 Å². The minimum Gasteiger partial charge on any atom is -0.479 e. The summed E-state index contributed by atoms with van der Waals surface area (Å²) >= 11 is 0. The zero-order valence-corrected chi connectivity index (χ0v) is 7.82. The molecule has 2 atom stereocenters. The van der Waals surface area contributed by atoms with Crippen LogP contribution in [0.1, 0.15) is 26.2 Å². The third-order valence-electron chi connectivity index (χ3n) is 2.40. The summed E-state index contributed by atoms with van der Waals surface area (Å²) in [5, 5.41) is 18.2. The van der Waals surface area contributed by atoms with Crippen LogP contribution in [0, 0.1) is 5.92 Å². The van der Waals surface area contributed by atoms with E-state index in [1.54, 1.807) is 0 Å². The number of ether oxygens (including phenoxy) is 1. The third-order valence-corrected chi connectivity index (χ3v) is 2.40. The maximum absolute atomic E-state index is 10.6. The maximum Gasteiger partial charge on any atom is 0.335 e. The molecule has 0 aromatic heterocycles. The number of hydrogen-bond donors (Lipinski definition) is 2. The molecule has 76 valence electrons. The second-order valence-corrected chi connectivity index (χ2v) is 3.87. The van der Waals surface area contributed by atoms with Crippen LogP contribution in [0.25, 0.3) is 0 Å². The molecule has 0 spiro atoms. The Morgan fingerprint density at radius 2 is 2.38 bits per heavy atom. The van der Waals surface area contributed by atoms with Gasteiger partial charge in [-0.25, -0.2) is 4.79 Å². The van der Waals surface area contributed by atoms with Gasteiger partial charge in [-0.1, -0.05) is 0 Å². The molecule has 1 saturated heterocycles. The van der Waals surface area contributed by atoms with E-state index in [2.05, 4.69) is 0 Å². The van der Waals surface area contributed by atoms with Gasteiger partial charge in [0, 0.05) is 13.2 Å². The largest absolute Gasteiger partial charge is 0.479 e. The first-order chi connectivity index (χ1) is 6.02. The summed E-state index contributed by atoms with van der Waals surface area (Å²) in [6, 6.07) is 0. The van der Waals surface area contributed by atoms with Crippen LogP contribution < -0.4 is 0 Å². The molecule has 4 nitrogen and oxygen atoms in total. The molecule has 1 aliphatic rings. The fourth-order valence-corrected chi connectivity index (χ4v) is 1.62. The Kier molecular flexibility index (Phi) is 3.27. The molecule has 0 aromatic rings. The van der Waals surface area contributed by atoms with Gasteiger partial charge in [0.1, 0.15) is 0 Å². The lowest BCUT2D eigenvalue weighted by atomic mass is 9.88. The van der Waals surface area contributed by atoms with Crippen molar-refractivity contribution in [3.8, 4) is 0 Å². The molecule has 0 aromatic carbocycles. The quantitative estimate of drug-likeness (QED) is 0.682. The zero-order chi connectivity index (χ0) is 9.90. The summed E-state index contributed by atoms with van der Waals surface area (Å²) in [6.45, 7) is 2.67. The van der Waals surface area contributed by atoms with Gasteiger partial charge < -0.3 is 14.9 Å². The first-order valence-electron chi connectivity index (χ1n) is 4.56. The normalized spacial score (nSPS) is 28.0. The van der Waals surface area contributed by atoms with Crippen LogP contribution in [0.3, 0.4) is 0 Å². The smallest absolute Gasteiger partial charge is 0.335 e. The van der Waals surface area contributed by atoms with E-state index in [0.29, 0.717) is 6.61 Å². The fourth-order valence-electron chi connectivity index (χ4n) is 1.62. The van der Waals surface area contributed by atoms with Crippen LogP contribution in [0.2, 0.25) is 0 Å². The SMILES string of the molecule is CC(O)(CC1CCCOC1)C(=O)O. The predicted molar refractivity (Wildman–Crippen MR) is 46.4 cm³/mol. The van der Waals surface area contributed by atoms with E-state index in [4.69, 9.17) is 9.84 Å². The van der Waals surface area contributed by atoms with Gasteiger partial charge in [-0.2, -0.15) is 0 Å². The summed E-state index contributed by atoms with van der Waals surface area (Å²) in [6.07, 6.45) is 2.19. The molecule has 0 radical (unpaired) electrons. The lowest BCUT2D eigenvalue weighted by molar-refractivity contribution is -0.159. The maximum atomic E-state index is 10.6. The number of rotatable bonds is 3. The van der Waals surface area contributed by atoms with Crippen LogP contribution in [0.4, 0.5) is 0 Å². The summed E-state index contributed by atoms with van der Waals surface area (Å²) in [7, 11) is 0. The van der Waals surface area contributed by atoms with Crippen molar-refractivity contribution in [1.82, 2.24) is 0 Å². The van der Waals surface area contributed by atoms with Gasteiger partial charge in [0.25, 0.3) is 0 Å². The monoisotopic (exact) mass is 188 g/mol. The van der Waals surface area contributed by atoms with Crippen LogP contribution in [0.5, 0.6) is 0 Å². The summed E-state index contributed by atoms with van der Waals surface area (Å²) in [4.78, 5) is 10.6. The minimum atomic E-state index is -1.61. The first kappa shape index (κ1) is 10.5. The van der Waals surface area contributed by atoms with E-state index in [1.807, 2.05) is 0 Å². The van der Waals surface area contributed by atoms with E-state index < -0.39 is 11.6 Å². The van der Waals surface area contributed by atoms with Gasteiger partial charge in [0.05, 0.1) is 0 Å². The lowest BCUT2D eigenvalue weighted by Crippen LogP contribution is -2.38. The van der Waals surface area contributed by atoms with Crippen LogP contribution >= 0.6 is 0 Å². The van der Waals surface area contributed by atoms with Gasteiger partial charge in [0.2, 0.25) is 0 Å². The molecule has 0 bridgehead atoms. The first-order valence-corrected chi connectivity index (χ1v) is 4.56. The van der Waals surface area contributed by atoms with Gasteiger partial charge in [-0.05, 0) is 32.1 Å². The van der Waals surface area contributed by atoms with Crippen LogP contribution in [0.15, 0.2) is 0 Å². The zero-order valence-electron chi connectivity index (χ0n) is 7.82. The van der Waals surface area contributed by atoms with E-state index in [-0.39, 0.29) is 12.3 Å². The van der Waals surface area contributed by atoms with Crippen LogP contribution in [-0.4, -0.2) is 35.0 Å². The highest BCUT2D eigenvalue weighted by atomic mass is 16.5. The number of aliphatic hydroxyl groups is 1. The van der Waals surface area contributed by atoms with E-state index in [0.717, 1.165) is 19.4 Å². The summed E-state index contributed by atoms with van der Waals surface area (Å²) < 4.78 is 5.20. The van der Waals surface area contributed by atoms with Crippen molar-refractivity contribution in [2.45, 2.75) is 31.8 Å². The molecule has 1 fully saturated rings. The summed E-state index contributed by atoms with van der Waals surface area (Å²) in [5.74, 6) is -0.974. The lowest BCUT2D eigenvalue weighted by Gasteiger charge is -2.27. The third kappa shape index (κ3) is 2.97. The van der Waals surface area contributed by atoms with Crippen molar-refractivity contribution in [2.24, 2.45) is 5.92 Å². The van der Waals surface area contributed by atoms with Crippen molar-refractivity contribution in [2.75, 3.05) is 13.2 Å². The highest BCUT2D eigenvalue weighted by Gasteiger charge is 2.33. The van der Waals surface area contributed by atoms with Crippen molar-refractivity contribution in [3.05, 3.63) is 0 Å². The highest BCUT2D eigenvalue weighted by Crippen LogP contribution is 2.24. The van der Waals surface area contributed by atoms with Crippen molar-refractivity contribution in [3.63, 3.8) is 0 Å². The summed E-state index contributed by atoms with van der Waals surface area (Å²) in [5.41, 5.74) is -1.61. The van der Waals surface area contributed by atoms with E-state index >= 15 is 0 Å². The molecule has 13 heavy (non-hydrogen) atoms. The molecule has 1 rings (SSSR count). The second kappa shape index (κ2) is 4.07. The van der Waals surface area contributed by atoms with Crippen LogP contribution in [-0.2, 0) is 9.53 Å². The average Bonchev–Trinajstić information content (AvgIpc) is 2.05. The Hall–Kier alpha value is -0.610. The topological polar surface area (TPSA) is 66.8 Å². The Balaban J connectivity index is 2.41. The Morgan fingerprint density at radius 3 is 2.85 bits per heavy atom. The molecule has 0 aliphatic carbocycles. The van der Waals surface area contributed by atoms with Gasteiger partial charge in [0.15, 0.2) is 5.60 Å². The van der Waals surface area contributed by atoms with Gasteiger partial charge >= 0.3 is 5.97 Å². The molecule has 2 N–H and O–H groups in total. The van der Waals surface area contributed by atoms with E-state index in [9.17, 15) is 9.90 Å². The van der Waals surface area contributed by atoms with Gasteiger partial charge in [-0.15, -0.1) is 0 Å². The molecule has 1 heterocycles. The Morgan fingerprint density at radius 1 is 1.69 bits per heavy atom. The molecule has 0 saturated carbocycles. The molecular weight excluding hydrogens is 172 g/mol. The fraction of sp³-hybridized carbons (Fsp3) is 0.889. The Labute approximate surface area is 77.5 Å². The molecular formula is C9H16O4.